The number of furan rings is 1. The van der Waals surface area contributed by atoms with E-state index in [2.05, 4.69) is 5.32 Å². The van der Waals surface area contributed by atoms with Crippen LogP contribution in [0.3, 0.4) is 0 Å². The average molecular weight is 356 g/mol. The van der Waals surface area contributed by atoms with E-state index < -0.39 is 10.8 Å². The molecule has 0 radical (unpaired) electrons. The van der Waals surface area contributed by atoms with Crippen molar-refractivity contribution in [3.63, 3.8) is 0 Å². The zero-order chi connectivity index (χ0) is 16.7. The molecule has 124 valence electrons. The lowest BCUT2D eigenvalue weighted by atomic mass is 10.2. The normalized spacial score (nSPS) is 12.1. The zero-order valence-corrected chi connectivity index (χ0v) is 14.3. The quantitative estimate of drug-likeness (QED) is 0.739. The molecule has 7 heteroatoms. The molecule has 1 aromatic heterocycles. The summed E-state index contributed by atoms with van der Waals surface area (Å²) in [5, 5.41) is 3.26. The molecule has 0 saturated carbocycles. The summed E-state index contributed by atoms with van der Waals surface area (Å²) in [5.74, 6) is 0.968. The molecule has 0 bridgehead atoms. The molecule has 5 nitrogen and oxygen atoms in total. The molecular weight excluding hydrogens is 338 g/mol. The van der Waals surface area contributed by atoms with Crippen LogP contribution in [0.1, 0.15) is 21.9 Å². The van der Waals surface area contributed by atoms with E-state index >= 15 is 0 Å². The van der Waals surface area contributed by atoms with E-state index in [0.29, 0.717) is 29.7 Å². The highest BCUT2D eigenvalue weighted by molar-refractivity contribution is 7.83. The summed E-state index contributed by atoms with van der Waals surface area (Å²) >= 11 is 6.06. The van der Waals surface area contributed by atoms with Crippen molar-refractivity contribution in [1.29, 1.82) is 0 Å². The first-order valence-corrected chi connectivity index (χ1v) is 8.91. The Hall–Kier alpha value is -1.63. The highest BCUT2D eigenvalue weighted by Gasteiger charge is 2.13. The number of carbonyl (C=O) groups excluding carboxylic acids is 1. The van der Waals surface area contributed by atoms with Crippen molar-refractivity contribution in [2.24, 2.45) is 0 Å². The number of methoxy groups -OCH3 is 1. The molecule has 1 N–H and O–H groups in total. The fraction of sp³-hybridized carbons (Fsp3) is 0.312. The number of hydrogen-bond acceptors (Lipinski definition) is 4. The Kier molecular flexibility index (Phi) is 6.83. The van der Waals surface area contributed by atoms with Gasteiger partial charge < -0.3 is 14.5 Å². The van der Waals surface area contributed by atoms with Gasteiger partial charge in [0.25, 0.3) is 5.91 Å². The van der Waals surface area contributed by atoms with Crippen LogP contribution in [0.4, 0.5) is 0 Å². The van der Waals surface area contributed by atoms with Crippen molar-refractivity contribution < 1.29 is 18.2 Å². The van der Waals surface area contributed by atoms with Crippen molar-refractivity contribution >= 4 is 28.3 Å². The van der Waals surface area contributed by atoms with Crippen LogP contribution in [0.15, 0.2) is 40.8 Å². The van der Waals surface area contributed by atoms with Crippen molar-refractivity contribution in [3.05, 3.63) is 58.5 Å². The second-order valence-electron chi connectivity index (χ2n) is 4.83. The summed E-state index contributed by atoms with van der Waals surface area (Å²) in [6, 6.07) is 10.5. The van der Waals surface area contributed by atoms with Crippen LogP contribution in [0, 0.1) is 0 Å². The van der Waals surface area contributed by atoms with Gasteiger partial charge in [0.2, 0.25) is 0 Å². The molecule has 1 aromatic carbocycles. The molecule has 23 heavy (non-hydrogen) atoms. The highest BCUT2D eigenvalue weighted by atomic mass is 35.5. The molecule has 0 spiro atoms. The molecule has 0 aliphatic carbocycles. The number of nitrogens with one attached hydrogen (secondary N) is 1. The molecule has 1 heterocycles. The second-order valence-corrected chi connectivity index (χ2v) is 6.70. The van der Waals surface area contributed by atoms with E-state index in [1.807, 2.05) is 18.2 Å². The zero-order valence-electron chi connectivity index (χ0n) is 12.7. The van der Waals surface area contributed by atoms with Crippen LogP contribution < -0.4 is 5.32 Å². The van der Waals surface area contributed by atoms with Crippen LogP contribution in [0.2, 0.25) is 5.02 Å². The van der Waals surface area contributed by atoms with Crippen molar-refractivity contribution in [2.45, 2.75) is 11.5 Å². The number of amides is 1. The number of halogens is 1. The third-order valence-corrected chi connectivity index (χ3v) is 4.66. The van der Waals surface area contributed by atoms with E-state index in [9.17, 15) is 9.00 Å². The smallest absolute Gasteiger partial charge is 0.287 e. The summed E-state index contributed by atoms with van der Waals surface area (Å²) in [7, 11) is 0.392. The van der Waals surface area contributed by atoms with Crippen LogP contribution in [-0.2, 0) is 27.0 Å². The van der Waals surface area contributed by atoms with Gasteiger partial charge in [-0.25, -0.2) is 0 Å². The lowest BCUT2D eigenvalue weighted by Crippen LogP contribution is -2.26. The summed E-state index contributed by atoms with van der Waals surface area (Å²) in [6.45, 7) is 0.838. The molecule has 0 saturated heterocycles. The number of hydrogen-bond donors (Lipinski definition) is 1. The predicted molar refractivity (Wildman–Crippen MR) is 89.9 cm³/mol. The second kappa shape index (κ2) is 8.86. The van der Waals surface area contributed by atoms with Crippen molar-refractivity contribution in [2.75, 3.05) is 20.3 Å². The Morgan fingerprint density at radius 1 is 1.26 bits per heavy atom. The molecule has 0 aliphatic rings. The highest BCUT2D eigenvalue weighted by Crippen LogP contribution is 2.18. The standard InChI is InChI=1S/C16H18ClNO4S/c1-21-9-8-18-16(19)15-7-6-13(22-15)11-23(20)10-12-4-2-3-5-14(12)17/h2-7H,8-11H2,1H3,(H,18,19)/t23-/m1/s1. The Balaban J connectivity index is 1.90. The van der Waals surface area contributed by atoms with Gasteiger partial charge in [0.1, 0.15) is 5.76 Å². The first kappa shape index (κ1) is 17.7. The topological polar surface area (TPSA) is 68.5 Å². The van der Waals surface area contributed by atoms with E-state index in [1.165, 1.54) is 0 Å². The summed E-state index contributed by atoms with van der Waals surface area (Å²) in [6.07, 6.45) is 0. The van der Waals surface area contributed by atoms with E-state index in [0.717, 1.165) is 5.56 Å². The lowest BCUT2D eigenvalue weighted by molar-refractivity contribution is 0.0908. The Morgan fingerprint density at radius 3 is 2.78 bits per heavy atom. The molecule has 1 amide bonds. The summed E-state index contributed by atoms with van der Waals surface area (Å²) in [5.41, 5.74) is 0.830. The number of rotatable bonds is 8. The van der Waals surface area contributed by atoms with E-state index in [4.69, 9.17) is 20.8 Å². The third-order valence-electron chi connectivity index (χ3n) is 3.05. The van der Waals surface area contributed by atoms with Crippen LogP contribution >= 0.6 is 11.6 Å². The Bertz CT molecular complexity index is 686. The van der Waals surface area contributed by atoms with Crippen molar-refractivity contribution in [3.8, 4) is 0 Å². The number of benzene rings is 1. The number of ether oxygens (including phenoxy) is 1. The van der Waals surface area contributed by atoms with Gasteiger partial charge in [-0.3, -0.25) is 9.00 Å². The first-order valence-electron chi connectivity index (χ1n) is 7.04. The van der Waals surface area contributed by atoms with Gasteiger partial charge in [0.05, 0.1) is 18.1 Å². The average Bonchev–Trinajstić information content (AvgIpc) is 2.98. The minimum Gasteiger partial charge on any atom is -0.455 e. The monoisotopic (exact) mass is 355 g/mol. The maximum absolute atomic E-state index is 12.2. The van der Waals surface area contributed by atoms with Gasteiger partial charge in [-0.15, -0.1) is 0 Å². The molecule has 2 aromatic rings. The van der Waals surface area contributed by atoms with Gasteiger partial charge in [-0.2, -0.15) is 0 Å². The molecule has 0 unspecified atom stereocenters. The first-order chi connectivity index (χ1) is 11.1. The maximum atomic E-state index is 12.2. The van der Waals surface area contributed by atoms with Gasteiger partial charge >= 0.3 is 0 Å². The molecule has 0 aliphatic heterocycles. The molecule has 1 atom stereocenters. The minimum absolute atomic E-state index is 0.200. The largest absolute Gasteiger partial charge is 0.455 e. The van der Waals surface area contributed by atoms with E-state index in [1.54, 1.807) is 25.3 Å². The molecular formula is C16H18ClNO4S. The fourth-order valence-electron chi connectivity index (χ4n) is 1.93. The van der Waals surface area contributed by atoms with Crippen molar-refractivity contribution in [1.82, 2.24) is 5.32 Å². The lowest BCUT2D eigenvalue weighted by Gasteiger charge is -2.03. The molecule has 2 rings (SSSR count). The van der Waals surface area contributed by atoms with Crippen LogP contribution in [-0.4, -0.2) is 30.4 Å². The number of carbonyl (C=O) groups is 1. The fourth-order valence-corrected chi connectivity index (χ4v) is 3.38. The third kappa shape index (κ3) is 5.49. The van der Waals surface area contributed by atoms with Gasteiger partial charge in [0, 0.05) is 29.5 Å². The van der Waals surface area contributed by atoms with Gasteiger partial charge in [-0.05, 0) is 23.8 Å². The maximum Gasteiger partial charge on any atom is 0.287 e. The van der Waals surface area contributed by atoms with Crippen LogP contribution in [0.25, 0.3) is 0 Å². The minimum atomic E-state index is -1.17. The van der Waals surface area contributed by atoms with Gasteiger partial charge in [-0.1, -0.05) is 29.8 Å². The predicted octanol–water partition coefficient (Wildman–Crippen LogP) is 2.76. The van der Waals surface area contributed by atoms with Crippen LogP contribution in [0.5, 0.6) is 0 Å². The van der Waals surface area contributed by atoms with E-state index in [-0.39, 0.29) is 17.4 Å². The summed E-state index contributed by atoms with van der Waals surface area (Å²) in [4.78, 5) is 11.8. The Morgan fingerprint density at radius 2 is 2.04 bits per heavy atom. The molecule has 0 fully saturated rings. The van der Waals surface area contributed by atoms with Gasteiger partial charge in [0.15, 0.2) is 5.76 Å². The Labute approximate surface area is 142 Å². The summed E-state index contributed by atoms with van der Waals surface area (Å²) < 4.78 is 22.5. The SMILES string of the molecule is COCCNC(=O)c1ccc(C[S@](=O)Cc2ccccc2Cl)o1.